The Balaban J connectivity index is 1.35. The third-order valence-corrected chi connectivity index (χ3v) is 8.48. The summed E-state index contributed by atoms with van der Waals surface area (Å²) in [7, 11) is 0. The van der Waals surface area contributed by atoms with Crippen LogP contribution in [0, 0.1) is 0 Å². The van der Waals surface area contributed by atoms with Crippen molar-refractivity contribution in [2.75, 3.05) is 20.1 Å². The fourth-order valence-corrected chi connectivity index (χ4v) is 6.85. The summed E-state index contributed by atoms with van der Waals surface area (Å²) >= 11 is 4.07. The Kier molecular flexibility index (Phi) is 7.51. The minimum Gasteiger partial charge on any atom is -0.313 e. The van der Waals surface area contributed by atoms with Gasteiger partial charge in [0, 0.05) is 35.0 Å². The summed E-state index contributed by atoms with van der Waals surface area (Å²) < 4.78 is 5.21. The molecule has 2 aliphatic rings. The molecule has 0 bridgehead atoms. The van der Waals surface area contributed by atoms with Gasteiger partial charge in [0.25, 0.3) is 0 Å². The van der Waals surface area contributed by atoms with Crippen LogP contribution in [0.5, 0.6) is 0 Å². The summed E-state index contributed by atoms with van der Waals surface area (Å²) in [4.78, 5) is 0. The number of hydrogen-bond acceptors (Lipinski definition) is 4. The van der Waals surface area contributed by atoms with Crippen molar-refractivity contribution in [2.45, 2.75) is 63.5 Å². The van der Waals surface area contributed by atoms with E-state index in [2.05, 4.69) is 69.3 Å². The highest BCUT2D eigenvalue weighted by molar-refractivity contribution is 8.04. The molecule has 2 nitrogen and oxygen atoms in total. The first-order chi connectivity index (χ1) is 13.9. The number of para-hydroxylation sites is 2. The number of anilines is 2. The molecular weight excluding hydrogens is 380 g/mol. The van der Waals surface area contributed by atoms with E-state index >= 15 is 0 Å². The predicted octanol–water partition coefficient (Wildman–Crippen LogP) is 7.18. The van der Waals surface area contributed by atoms with Crippen molar-refractivity contribution >= 4 is 35.3 Å². The Hall–Kier alpha value is -1.26. The van der Waals surface area contributed by atoms with E-state index in [0.29, 0.717) is 12.1 Å². The lowest BCUT2D eigenvalue weighted by molar-refractivity contribution is 0.709. The SMILES string of the molecule is c1ccc(N(SCCSN(c2ccccc2)C2CCCC2)C2CCCC2)cc1. The van der Waals surface area contributed by atoms with Crippen molar-refractivity contribution in [1.29, 1.82) is 0 Å². The molecule has 0 unspecified atom stereocenters. The molecule has 0 saturated heterocycles. The smallest absolute Gasteiger partial charge is 0.0473 e. The molecule has 0 amide bonds. The summed E-state index contributed by atoms with van der Waals surface area (Å²) in [6, 6.07) is 23.4. The number of rotatable bonds is 9. The van der Waals surface area contributed by atoms with Gasteiger partial charge in [-0.05, 0) is 73.8 Å². The van der Waals surface area contributed by atoms with Gasteiger partial charge in [-0.3, -0.25) is 0 Å². The summed E-state index contributed by atoms with van der Waals surface area (Å²) in [6.45, 7) is 0. The zero-order valence-electron chi connectivity index (χ0n) is 16.7. The van der Waals surface area contributed by atoms with Crippen LogP contribution >= 0.6 is 23.9 Å². The van der Waals surface area contributed by atoms with Crippen LogP contribution in [0.3, 0.4) is 0 Å². The molecule has 2 aliphatic carbocycles. The quantitative estimate of drug-likeness (QED) is 0.318. The van der Waals surface area contributed by atoms with Gasteiger partial charge in [0.05, 0.1) is 0 Å². The molecule has 0 heterocycles. The van der Waals surface area contributed by atoms with E-state index in [1.165, 1.54) is 62.7 Å². The topological polar surface area (TPSA) is 6.48 Å². The van der Waals surface area contributed by atoms with Crippen molar-refractivity contribution in [3.05, 3.63) is 60.7 Å². The Bertz CT molecular complexity index is 621. The Morgan fingerprint density at radius 1 is 0.571 bits per heavy atom. The minimum absolute atomic E-state index is 0.706. The Morgan fingerprint density at radius 2 is 0.929 bits per heavy atom. The first-order valence-corrected chi connectivity index (χ1v) is 12.7. The monoisotopic (exact) mass is 412 g/mol. The third-order valence-electron chi connectivity index (χ3n) is 5.88. The van der Waals surface area contributed by atoms with Gasteiger partial charge < -0.3 is 8.61 Å². The van der Waals surface area contributed by atoms with Crippen molar-refractivity contribution in [1.82, 2.24) is 0 Å². The van der Waals surface area contributed by atoms with Gasteiger partial charge in [0.15, 0.2) is 0 Å². The third kappa shape index (κ3) is 5.21. The summed E-state index contributed by atoms with van der Waals surface area (Å²) in [6.07, 6.45) is 10.9. The molecule has 0 spiro atoms. The second-order valence-electron chi connectivity index (χ2n) is 7.87. The van der Waals surface area contributed by atoms with Gasteiger partial charge in [-0.15, -0.1) is 0 Å². The molecule has 0 N–H and O–H groups in total. The second-order valence-corrected chi connectivity index (χ2v) is 9.99. The van der Waals surface area contributed by atoms with Crippen LogP contribution in [0.1, 0.15) is 51.4 Å². The molecule has 4 heteroatoms. The zero-order chi connectivity index (χ0) is 19.0. The van der Waals surface area contributed by atoms with Gasteiger partial charge in [-0.1, -0.05) is 62.1 Å². The molecule has 2 aromatic rings. The van der Waals surface area contributed by atoms with Crippen LogP contribution < -0.4 is 8.61 Å². The molecule has 0 atom stereocenters. The van der Waals surface area contributed by atoms with E-state index in [1.807, 2.05) is 23.9 Å². The van der Waals surface area contributed by atoms with Crippen molar-refractivity contribution in [2.24, 2.45) is 0 Å². The van der Waals surface area contributed by atoms with E-state index < -0.39 is 0 Å². The molecule has 0 radical (unpaired) electrons. The molecule has 2 aromatic carbocycles. The molecule has 0 aliphatic heterocycles. The van der Waals surface area contributed by atoms with E-state index in [1.54, 1.807) is 0 Å². The molecule has 28 heavy (non-hydrogen) atoms. The molecule has 150 valence electrons. The second kappa shape index (κ2) is 10.5. The van der Waals surface area contributed by atoms with Gasteiger partial charge in [-0.2, -0.15) is 0 Å². The largest absolute Gasteiger partial charge is 0.313 e. The molecular formula is C24H32N2S2. The van der Waals surface area contributed by atoms with Crippen molar-refractivity contribution < 1.29 is 0 Å². The van der Waals surface area contributed by atoms with Crippen LogP contribution in [0.25, 0.3) is 0 Å². The molecule has 0 aromatic heterocycles. The number of nitrogens with zero attached hydrogens (tertiary/aromatic N) is 2. The van der Waals surface area contributed by atoms with Crippen molar-refractivity contribution in [3.63, 3.8) is 0 Å². The highest BCUT2D eigenvalue weighted by Gasteiger charge is 2.25. The summed E-state index contributed by atoms with van der Waals surface area (Å²) in [5.41, 5.74) is 2.75. The van der Waals surface area contributed by atoms with Crippen LogP contribution in [0.4, 0.5) is 11.4 Å². The first kappa shape index (κ1) is 20.0. The predicted molar refractivity (Wildman–Crippen MR) is 127 cm³/mol. The maximum atomic E-state index is 2.61. The molecule has 4 rings (SSSR count). The van der Waals surface area contributed by atoms with E-state index in [0.717, 1.165) is 11.5 Å². The standard InChI is InChI=1S/C24H32N2S2/c1-3-11-21(12-4-1)25(23-15-7-8-16-23)27-19-20-28-26(24-17-9-10-18-24)22-13-5-2-6-14-22/h1-6,11-14,23-24H,7-10,15-20H2. The van der Waals surface area contributed by atoms with Gasteiger partial charge in [0.1, 0.15) is 0 Å². The summed E-state index contributed by atoms with van der Waals surface area (Å²) in [5.74, 6) is 2.32. The minimum atomic E-state index is 0.706. The van der Waals surface area contributed by atoms with Gasteiger partial charge in [0.2, 0.25) is 0 Å². The fourth-order valence-electron chi connectivity index (χ4n) is 4.48. The number of hydrogen-bond donors (Lipinski definition) is 0. The van der Waals surface area contributed by atoms with Crippen LogP contribution in [-0.2, 0) is 0 Å². The maximum Gasteiger partial charge on any atom is 0.0473 e. The fraction of sp³-hybridized carbons (Fsp3) is 0.500. The lowest BCUT2D eigenvalue weighted by Gasteiger charge is -2.32. The van der Waals surface area contributed by atoms with E-state index in [-0.39, 0.29) is 0 Å². The maximum absolute atomic E-state index is 2.61. The van der Waals surface area contributed by atoms with Crippen molar-refractivity contribution in [3.8, 4) is 0 Å². The zero-order valence-corrected chi connectivity index (χ0v) is 18.3. The van der Waals surface area contributed by atoms with Gasteiger partial charge in [-0.25, -0.2) is 0 Å². The average molecular weight is 413 g/mol. The lowest BCUT2D eigenvalue weighted by Crippen LogP contribution is -2.29. The Labute approximate surface area is 179 Å². The average Bonchev–Trinajstić information content (AvgIpc) is 3.46. The first-order valence-electron chi connectivity index (χ1n) is 10.9. The Morgan fingerprint density at radius 3 is 1.29 bits per heavy atom. The van der Waals surface area contributed by atoms with Crippen LogP contribution in [0.2, 0.25) is 0 Å². The van der Waals surface area contributed by atoms with Crippen LogP contribution in [0.15, 0.2) is 60.7 Å². The highest BCUT2D eigenvalue weighted by atomic mass is 32.2. The molecule has 2 saturated carbocycles. The number of benzene rings is 2. The highest BCUT2D eigenvalue weighted by Crippen LogP contribution is 2.36. The lowest BCUT2D eigenvalue weighted by atomic mass is 10.2. The van der Waals surface area contributed by atoms with E-state index in [4.69, 9.17) is 0 Å². The molecule has 2 fully saturated rings. The van der Waals surface area contributed by atoms with Crippen LogP contribution in [-0.4, -0.2) is 23.6 Å². The van der Waals surface area contributed by atoms with E-state index in [9.17, 15) is 0 Å². The summed E-state index contributed by atoms with van der Waals surface area (Å²) in [5, 5.41) is 0. The van der Waals surface area contributed by atoms with Gasteiger partial charge >= 0.3 is 0 Å². The normalized spacial score (nSPS) is 17.9.